The monoisotopic (exact) mass is 158 g/mol. The van der Waals surface area contributed by atoms with Crippen LogP contribution in [0.4, 0.5) is 0 Å². The minimum absolute atomic E-state index is 0.726. The third kappa shape index (κ3) is 7.92. The van der Waals surface area contributed by atoms with Crippen LogP contribution in [-0.4, -0.2) is 20.9 Å². The molecule has 0 amide bonds. The number of rotatable bonds is 4. The van der Waals surface area contributed by atoms with Gasteiger partial charge in [0.2, 0.25) is 0 Å². The highest BCUT2D eigenvalue weighted by atomic mass is 28.3. The van der Waals surface area contributed by atoms with Crippen molar-refractivity contribution in [1.29, 1.82) is 0 Å². The number of ether oxygens (including phenoxy) is 1. The molecule has 0 spiro atoms. The molecule has 0 saturated heterocycles. The SMILES string of the molecule is C=C(C)COC[Si](C)(C)C. The van der Waals surface area contributed by atoms with Gasteiger partial charge in [0.1, 0.15) is 0 Å². The first-order chi connectivity index (χ1) is 4.42. The van der Waals surface area contributed by atoms with Gasteiger partial charge in [0.05, 0.1) is 14.7 Å². The van der Waals surface area contributed by atoms with Crippen molar-refractivity contribution in [3.8, 4) is 0 Å². The highest BCUT2D eigenvalue weighted by Crippen LogP contribution is 2.01. The Kier molecular flexibility index (Phi) is 3.90. The first kappa shape index (κ1) is 9.92. The van der Waals surface area contributed by atoms with Crippen LogP contribution >= 0.6 is 0 Å². The molecule has 0 bridgehead atoms. The second-order valence-corrected chi connectivity index (χ2v) is 9.42. The molecule has 0 saturated carbocycles. The molecule has 0 radical (unpaired) electrons. The van der Waals surface area contributed by atoms with Crippen LogP contribution in [0.15, 0.2) is 12.2 Å². The van der Waals surface area contributed by atoms with Gasteiger partial charge in [-0.05, 0) is 6.92 Å². The van der Waals surface area contributed by atoms with E-state index >= 15 is 0 Å². The van der Waals surface area contributed by atoms with E-state index in [0.29, 0.717) is 0 Å². The average molecular weight is 158 g/mol. The lowest BCUT2D eigenvalue weighted by Gasteiger charge is -2.15. The van der Waals surface area contributed by atoms with Crippen molar-refractivity contribution >= 4 is 8.07 Å². The van der Waals surface area contributed by atoms with Crippen LogP contribution < -0.4 is 0 Å². The Morgan fingerprint density at radius 2 is 1.90 bits per heavy atom. The predicted octanol–water partition coefficient (Wildman–Crippen LogP) is 2.46. The Balaban J connectivity index is 3.29. The summed E-state index contributed by atoms with van der Waals surface area (Å²) in [6.07, 6.45) is 0.944. The molecule has 0 fully saturated rings. The third-order valence-corrected chi connectivity index (χ3v) is 1.95. The van der Waals surface area contributed by atoms with Crippen LogP contribution in [0, 0.1) is 0 Å². The molecule has 1 nitrogen and oxygen atoms in total. The molecule has 0 unspecified atom stereocenters. The molecule has 60 valence electrons. The summed E-state index contributed by atoms with van der Waals surface area (Å²) in [6, 6.07) is 0. The van der Waals surface area contributed by atoms with Crippen molar-refractivity contribution in [2.24, 2.45) is 0 Å². The lowest BCUT2D eigenvalue weighted by molar-refractivity contribution is 0.198. The van der Waals surface area contributed by atoms with Crippen molar-refractivity contribution in [3.63, 3.8) is 0 Å². The van der Waals surface area contributed by atoms with Gasteiger partial charge < -0.3 is 4.74 Å². The molecule has 2 heteroatoms. The maximum absolute atomic E-state index is 5.42. The van der Waals surface area contributed by atoms with Gasteiger partial charge in [0.15, 0.2) is 0 Å². The fraction of sp³-hybridized carbons (Fsp3) is 0.750. The molecular weight excluding hydrogens is 140 g/mol. The second kappa shape index (κ2) is 3.94. The molecule has 0 atom stereocenters. The molecular formula is C8H18OSi. The normalized spacial score (nSPS) is 11.6. The first-order valence-electron chi connectivity index (χ1n) is 3.64. The van der Waals surface area contributed by atoms with Crippen molar-refractivity contribution in [3.05, 3.63) is 12.2 Å². The largest absolute Gasteiger partial charge is 0.380 e. The summed E-state index contributed by atoms with van der Waals surface area (Å²) in [5.41, 5.74) is 1.11. The molecule has 0 aliphatic carbocycles. The third-order valence-electron chi connectivity index (χ3n) is 0.884. The van der Waals surface area contributed by atoms with Crippen molar-refractivity contribution in [2.45, 2.75) is 26.6 Å². The Hall–Kier alpha value is -0.0831. The van der Waals surface area contributed by atoms with Crippen LogP contribution in [0.2, 0.25) is 19.6 Å². The number of hydrogen-bond acceptors (Lipinski definition) is 1. The van der Waals surface area contributed by atoms with Crippen molar-refractivity contribution in [2.75, 3.05) is 12.8 Å². The van der Waals surface area contributed by atoms with Crippen molar-refractivity contribution < 1.29 is 4.74 Å². The summed E-state index contributed by atoms with van der Waals surface area (Å²) in [5.74, 6) is 0. The standard InChI is InChI=1S/C8H18OSi/c1-8(2)6-9-7-10(3,4)5/h1,6-7H2,2-5H3. The Morgan fingerprint density at radius 3 is 2.20 bits per heavy atom. The van der Waals surface area contributed by atoms with Crippen LogP contribution in [-0.2, 0) is 4.74 Å². The minimum Gasteiger partial charge on any atom is -0.380 e. The summed E-state index contributed by atoms with van der Waals surface area (Å²) in [7, 11) is -0.987. The van der Waals surface area contributed by atoms with Crippen LogP contribution in [0.1, 0.15) is 6.92 Å². The zero-order chi connectivity index (χ0) is 8.20. The van der Waals surface area contributed by atoms with Gasteiger partial charge >= 0.3 is 0 Å². The second-order valence-electron chi connectivity index (χ2n) is 4.01. The van der Waals surface area contributed by atoms with Gasteiger partial charge in [-0.25, -0.2) is 0 Å². The zero-order valence-electron chi connectivity index (χ0n) is 7.53. The summed E-state index contributed by atoms with van der Waals surface area (Å²) in [5, 5.41) is 0. The Morgan fingerprint density at radius 1 is 1.40 bits per heavy atom. The van der Waals surface area contributed by atoms with Gasteiger partial charge in [0.25, 0.3) is 0 Å². The molecule has 0 heterocycles. The summed E-state index contributed by atoms with van der Waals surface area (Å²) in [4.78, 5) is 0. The fourth-order valence-electron chi connectivity index (χ4n) is 0.531. The molecule has 0 N–H and O–H groups in total. The van der Waals surface area contributed by atoms with E-state index in [9.17, 15) is 0 Å². The van der Waals surface area contributed by atoms with E-state index in [4.69, 9.17) is 4.74 Å². The average Bonchev–Trinajstić information content (AvgIpc) is 1.59. The quantitative estimate of drug-likeness (QED) is 0.451. The van der Waals surface area contributed by atoms with Gasteiger partial charge in [-0.3, -0.25) is 0 Å². The van der Waals surface area contributed by atoms with Gasteiger partial charge in [-0.1, -0.05) is 31.8 Å². The molecule has 0 aromatic rings. The smallest absolute Gasteiger partial charge is 0.0746 e. The zero-order valence-corrected chi connectivity index (χ0v) is 8.53. The lowest BCUT2D eigenvalue weighted by Crippen LogP contribution is -2.28. The number of hydrogen-bond donors (Lipinski definition) is 0. The summed E-state index contributed by atoms with van der Waals surface area (Å²) in [6.45, 7) is 13.4. The minimum atomic E-state index is -0.987. The van der Waals surface area contributed by atoms with Crippen LogP contribution in [0.5, 0.6) is 0 Å². The predicted molar refractivity (Wildman–Crippen MR) is 49.0 cm³/mol. The molecule has 0 aromatic heterocycles. The van der Waals surface area contributed by atoms with E-state index in [-0.39, 0.29) is 0 Å². The van der Waals surface area contributed by atoms with E-state index < -0.39 is 8.07 Å². The molecule has 0 aliphatic rings. The van der Waals surface area contributed by atoms with E-state index in [0.717, 1.165) is 18.4 Å². The Bertz CT molecular complexity index is 113. The first-order valence-corrected chi connectivity index (χ1v) is 7.35. The molecule has 0 aromatic carbocycles. The molecule has 0 aliphatic heterocycles. The maximum Gasteiger partial charge on any atom is 0.0746 e. The van der Waals surface area contributed by atoms with Gasteiger partial charge in [0, 0.05) is 6.23 Å². The van der Waals surface area contributed by atoms with Crippen LogP contribution in [0.3, 0.4) is 0 Å². The molecule has 10 heavy (non-hydrogen) atoms. The summed E-state index contributed by atoms with van der Waals surface area (Å²) < 4.78 is 5.42. The fourth-order valence-corrected chi connectivity index (χ4v) is 1.25. The van der Waals surface area contributed by atoms with Crippen LogP contribution in [0.25, 0.3) is 0 Å². The highest BCUT2D eigenvalue weighted by Gasteiger charge is 2.12. The Labute approximate surface area is 65.1 Å². The van der Waals surface area contributed by atoms with Crippen molar-refractivity contribution in [1.82, 2.24) is 0 Å². The topological polar surface area (TPSA) is 9.23 Å². The van der Waals surface area contributed by atoms with Gasteiger partial charge in [-0.15, -0.1) is 0 Å². The summed E-state index contributed by atoms with van der Waals surface area (Å²) >= 11 is 0. The highest BCUT2D eigenvalue weighted by molar-refractivity contribution is 6.76. The van der Waals surface area contributed by atoms with Gasteiger partial charge in [-0.2, -0.15) is 0 Å². The van der Waals surface area contributed by atoms with E-state index in [1.807, 2.05) is 6.92 Å². The lowest BCUT2D eigenvalue weighted by atomic mass is 10.4. The molecule has 0 rings (SSSR count). The maximum atomic E-state index is 5.42. The van der Waals surface area contributed by atoms with E-state index in [1.165, 1.54) is 0 Å². The van der Waals surface area contributed by atoms with E-state index in [2.05, 4.69) is 26.2 Å². The van der Waals surface area contributed by atoms with E-state index in [1.54, 1.807) is 0 Å².